The molecule has 21 heavy (non-hydrogen) atoms. The average molecular weight is 307 g/mol. The largest absolute Gasteiger partial charge is 0.348 e. The summed E-state index contributed by atoms with van der Waals surface area (Å²) in [5.41, 5.74) is 1.43. The van der Waals surface area contributed by atoms with E-state index < -0.39 is 0 Å². The number of carbonyl (C=O) groups is 1. The quantitative estimate of drug-likeness (QED) is 0.848. The summed E-state index contributed by atoms with van der Waals surface area (Å²) < 4.78 is 0. The number of fused-ring (bicyclic) bond motifs is 1. The zero-order valence-electron chi connectivity index (χ0n) is 13.0. The van der Waals surface area contributed by atoms with Crippen molar-refractivity contribution in [2.24, 2.45) is 5.92 Å². The van der Waals surface area contributed by atoms with Gasteiger partial charge in [-0.05, 0) is 47.7 Å². The van der Waals surface area contributed by atoms with Crippen molar-refractivity contribution < 1.29 is 4.79 Å². The summed E-state index contributed by atoms with van der Waals surface area (Å²) in [6.07, 6.45) is 2.61. The Morgan fingerprint density at radius 2 is 2.29 bits per heavy atom. The molecule has 0 aliphatic carbocycles. The van der Waals surface area contributed by atoms with Gasteiger partial charge in [-0.3, -0.25) is 14.6 Å². The highest BCUT2D eigenvalue weighted by Gasteiger charge is 2.39. The molecule has 5 heteroatoms. The van der Waals surface area contributed by atoms with E-state index in [0.29, 0.717) is 12.6 Å². The molecule has 3 heterocycles. The van der Waals surface area contributed by atoms with Gasteiger partial charge in [-0.1, -0.05) is 0 Å². The van der Waals surface area contributed by atoms with Gasteiger partial charge in [0.1, 0.15) is 0 Å². The van der Waals surface area contributed by atoms with Gasteiger partial charge in [-0.25, -0.2) is 0 Å². The second-order valence-electron chi connectivity index (χ2n) is 6.55. The number of rotatable bonds is 4. The van der Waals surface area contributed by atoms with E-state index in [0.717, 1.165) is 25.6 Å². The summed E-state index contributed by atoms with van der Waals surface area (Å²) in [6, 6.07) is 2.87. The van der Waals surface area contributed by atoms with Crippen molar-refractivity contribution in [1.29, 1.82) is 0 Å². The molecule has 2 aliphatic heterocycles. The number of carbonyl (C=O) groups excluding carboxylic acids is 1. The highest BCUT2D eigenvalue weighted by Crippen LogP contribution is 2.31. The van der Waals surface area contributed by atoms with E-state index in [9.17, 15) is 4.79 Å². The lowest BCUT2D eigenvalue weighted by Crippen LogP contribution is -2.44. The van der Waals surface area contributed by atoms with Crippen LogP contribution >= 0.6 is 11.3 Å². The lowest BCUT2D eigenvalue weighted by Gasteiger charge is -2.36. The van der Waals surface area contributed by atoms with Gasteiger partial charge in [-0.2, -0.15) is 11.3 Å². The first-order valence-electron chi connectivity index (χ1n) is 7.81. The summed E-state index contributed by atoms with van der Waals surface area (Å²) in [6.45, 7) is 4.98. The molecule has 0 aromatic carbocycles. The van der Waals surface area contributed by atoms with Crippen molar-refractivity contribution in [2.45, 2.75) is 25.4 Å². The molecular weight excluding hydrogens is 282 g/mol. The van der Waals surface area contributed by atoms with Crippen LogP contribution in [-0.4, -0.2) is 66.9 Å². The first-order valence-corrected chi connectivity index (χ1v) is 8.75. The molecule has 2 aliphatic rings. The molecule has 1 aromatic rings. The highest BCUT2D eigenvalue weighted by atomic mass is 32.1. The first-order chi connectivity index (χ1) is 10.1. The number of hydrogen-bond donors (Lipinski definition) is 0. The predicted octanol–water partition coefficient (Wildman–Crippen LogP) is 1.73. The molecule has 0 N–H and O–H groups in total. The number of likely N-dealkylation sites (N-methyl/N-ethyl adjacent to an activating group) is 1. The molecular formula is C16H25N3OS. The summed E-state index contributed by atoms with van der Waals surface area (Å²) in [5, 5.41) is 4.42. The van der Waals surface area contributed by atoms with E-state index in [4.69, 9.17) is 0 Å². The number of likely N-dealkylation sites (tertiary alicyclic amines) is 2. The smallest absolute Gasteiger partial charge is 0.236 e. The number of piperidine rings is 1. The van der Waals surface area contributed by atoms with Crippen LogP contribution in [0.25, 0.3) is 0 Å². The molecule has 0 saturated carbocycles. The van der Waals surface area contributed by atoms with Crippen LogP contribution in [0.15, 0.2) is 16.8 Å². The predicted molar refractivity (Wildman–Crippen MR) is 86.4 cm³/mol. The third kappa shape index (κ3) is 3.47. The van der Waals surface area contributed by atoms with Crippen LogP contribution in [-0.2, 0) is 11.3 Å². The molecule has 0 radical (unpaired) electrons. The number of amides is 1. The molecule has 0 spiro atoms. The Labute approximate surface area is 131 Å². The second kappa shape index (κ2) is 6.46. The van der Waals surface area contributed by atoms with Gasteiger partial charge in [0.2, 0.25) is 5.91 Å². The maximum Gasteiger partial charge on any atom is 0.236 e. The molecule has 1 aromatic heterocycles. The van der Waals surface area contributed by atoms with Crippen LogP contribution in [0.1, 0.15) is 18.4 Å². The van der Waals surface area contributed by atoms with E-state index in [2.05, 4.69) is 26.6 Å². The van der Waals surface area contributed by atoms with Gasteiger partial charge in [-0.15, -0.1) is 0 Å². The lowest BCUT2D eigenvalue weighted by atomic mass is 9.92. The number of hydrogen-bond acceptors (Lipinski definition) is 4. The normalized spacial score (nSPS) is 26.8. The van der Waals surface area contributed by atoms with Crippen molar-refractivity contribution >= 4 is 17.2 Å². The summed E-state index contributed by atoms with van der Waals surface area (Å²) in [5.74, 6) is 0.963. The highest BCUT2D eigenvalue weighted by molar-refractivity contribution is 7.07. The molecule has 0 unspecified atom stereocenters. The topological polar surface area (TPSA) is 26.8 Å². The monoisotopic (exact) mass is 307 g/mol. The van der Waals surface area contributed by atoms with Gasteiger partial charge in [0.05, 0.1) is 6.54 Å². The molecule has 0 bridgehead atoms. The zero-order valence-corrected chi connectivity index (χ0v) is 13.8. The molecule has 3 rings (SSSR count). The molecule has 4 nitrogen and oxygen atoms in total. The van der Waals surface area contributed by atoms with Crippen LogP contribution in [0, 0.1) is 5.92 Å². The van der Waals surface area contributed by atoms with E-state index in [-0.39, 0.29) is 5.91 Å². The van der Waals surface area contributed by atoms with E-state index >= 15 is 0 Å². The molecule has 116 valence electrons. The number of nitrogens with zero attached hydrogens (tertiary/aromatic N) is 3. The Bertz CT molecular complexity index is 474. The van der Waals surface area contributed by atoms with Crippen LogP contribution in [0.2, 0.25) is 0 Å². The van der Waals surface area contributed by atoms with E-state index in [1.165, 1.54) is 24.9 Å². The fourth-order valence-corrected chi connectivity index (χ4v) is 4.30. The van der Waals surface area contributed by atoms with Crippen molar-refractivity contribution in [2.75, 3.05) is 40.3 Å². The Balaban J connectivity index is 1.61. The molecule has 2 atom stereocenters. The average Bonchev–Trinajstić information content (AvgIpc) is 3.08. The Kier molecular flexibility index (Phi) is 4.62. The standard InChI is InChI=1S/C16H25N3OS/c1-17(2)16(20)11-18-9-14-4-3-6-19(15(14)10-18)8-13-5-7-21-12-13/h5,7,12,14-15H,3-4,6,8-11H2,1-2H3/t14-,15+/m1/s1. The van der Waals surface area contributed by atoms with Gasteiger partial charge < -0.3 is 4.90 Å². The Morgan fingerprint density at radius 1 is 1.43 bits per heavy atom. The Hall–Kier alpha value is -0.910. The van der Waals surface area contributed by atoms with E-state index in [1.807, 2.05) is 14.1 Å². The fourth-order valence-electron chi connectivity index (χ4n) is 3.64. The van der Waals surface area contributed by atoms with Crippen molar-refractivity contribution in [1.82, 2.24) is 14.7 Å². The summed E-state index contributed by atoms with van der Waals surface area (Å²) in [7, 11) is 3.68. The molecule has 2 fully saturated rings. The fraction of sp³-hybridized carbons (Fsp3) is 0.688. The third-order valence-electron chi connectivity index (χ3n) is 4.79. The van der Waals surface area contributed by atoms with Gasteiger partial charge in [0.25, 0.3) is 0 Å². The van der Waals surface area contributed by atoms with Gasteiger partial charge in [0.15, 0.2) is 0 Å². The van der Waals surface area contributed by atoms with Crippen LogP contribution in [0.5, 0.6) is 0 Å². The van der Waals surface area contributed by atoms with Crippen LogP contribution in [0.4, 0.5) is 0 Å². The third-order valence-corrected chi connectivity index (χ3v) is 5.53. The minimum atomic E-state index is 0.220. The van der Waals surface area contributed by atoms with Crippen molar-refractivity contribution in [3.8, 4) is 0 Å². The Morgan fingerprint density at radius 3 is 3.00 bits per heavy atom. The minimum absolute atomic E-state index is 0.220. The van der Waals surface area contributed by atoms with Gasteiger partial charge >= 0.3 is 0 Å². The summed E-state index contributed by atoms with van der Waals surface area (Å²) >= 11 is 1.78. The lowest BCUT2D eigenvalue weighted by molar-refractivity contribution is -0.129. The van der Waals surface area contributed by atoms with E-state index in [1.54, 1.807) is 16.2 Å². The first kappa shape index (κ1) is 15.0. The zero-order chi connectivity index (χ0) is 14.8. The van der Waals surface area contributed by atoms with Crippen molar-refractivity contribution in [3.05, 3.63) is 22.4 Å². The second-order valence-corrected chi connectivity index (χ2v) is 7.33. The van der Waals surface area contributed by atoms with Crippen molar-refractivity contribution in [3.63, 3.8) is 0 Å². The number of thiophene rings is 1. The summed E-state index contributed by atoms with van der Waals surface area (Å²) in [4.78, 5) is 18.6. The van der Waals surface area contributed by atoms with Crippen LogP contribution < -0.4 is 0 Å². The maximum absolute atomic E-state index is 11.9. The molecule has 1 amide bonds. The minimum Gasteiger partial charge on any atom is -0.348 e. The maximum atomic E-state index is 11.9. The SMILES string of the molecule is CN(C)C(=O)CN1C[C@H]2CCCN(Cc3ccsc3)[C@H]2C1. The van der Waals surface area contributed by atoms with Crippen LogP contribution in [0.3, 0.4) is 0 Å². The van der Waals surface area contributed by atoms with Gasteiger partial charge in [0, 0.05) is 39.8 Å². The molecule has 2 saturated heterocycles.